The summed E-state index contributed by atoms with van der Waals surface area (Å²) in [6.45, 7) is 8.34. The summed E-state index contributed by atoms with van der Waals surface area (Å²) in [5, 5.41) is 9.86. The van der Waals surface area contributed by atoms with Crippen LogP contribution < -0.4 is 4.90 Å². The Morgan fingerprint density at radius 1 is 1.18 bits per heavy atom. The van der Waals surface area contributed by atoms with Crippen LogP contribution in [-0.2, 0) is 5.41 Å². The standard InChI is InChI=1S/C15H23NO/c1-4-16(5-2)14-8-6-13(7-9-14)15(10-11-15)12(3)17/h6-9,12,17H,4-5,10-11H2,1-3H3. The van der Waals surface area contributed by atoms with Crippen molar-refractivity contribution in [2.75, 3.05) is 18.0 Å². The van der Waals surface area contributed by atoms with E-state index in [-0.39, 0.29) is 11.5 Å². The third kappa shape index (κ3) is 2.19. The SMILES string of the molecule is CCN(CC)c1ccc(C2(C(C)O)CC2)cc1. The first-order valence-electron chi connectivity index (χ1n) is 6.67. The highest BCUT2D eigenvalue weighted by Gasteiger charge is 2.48. The molecule has 0 saturated heterocycles. The molecule has 1 unspecified atom stereocenters. The van der Waals surface area contributed by atoms with E-state index < -0.39 is 0 Å². The zero-order valence-electron chi connectivity index (χ0n) is 11.1. The number of benzene rings is 1. The molecule has 0 amide bonds. The average Bonchev–Trinajstić information content (AvgIpc) is 3.13. The molecular weight excluding hydrogens is 210 g/mol. The van der Waals surface area contributed by atoms with Gasteiger partial charge < -0.3 is 10.0 Å². The van der Waals surface area contributed by atoms with Gasteiger partial charge in [-0.3, -0.25) is 0 Å². The maximum absolute atomic E-state index is 9.86. The third-order valence-electron chi connectivity index (χ3n) is 4.16. The fourth-order valence-electron chi connectivity index (χ4n) is 2.68. The van der Waals surface area contributed by atoms with Crippen molar-refractivity contribution in [3.8, 4) is 0 Å². The smallest absolute Gasteiger partial charge is 0.0608 e. The first kappa shape index (κ1) is 12.4. The largest absolute Gasteiger partial charge is 0.392 e. The number of aliphatic hydroxyl groups is 1. The second-order valence-electron chi connectivity index (χ2n) is 5.05. The van der Waals surface area contributed by atoms with Gasteiger partial charge in [-0.15, -0.1) is 0 Å². The molecular formula is C15H23NO. The molecule has 0 bridgehead atoms. The molecule has 17 heavy (non-hydrogen) atoms. The maximum atomic E-state index is 9.86. The first-order valence-corrected chi connectivity index (χ1v) is 6.67. The molecule has 0 aliphatic heterocycles. The molecule has 0 spiro atoms. The van der Waals surface area contributed by atoms with Gasteiger partial charge in [-0.1, -0.05) is 12.1 Å². The Morgan fingerprint density at radius 2 is 1.71 bits per heavy atom. The summed E-state index contributed by atoms with van der Waals surface area (Å²) in [5.41, 5.74) is 2.63. The van der Waals surface area contributed by atoms with Crippen molar-refractivity contribution in [2.24, 2.45) is 0 Å². The Bertz CT molecular complexity index is 361. The van der Waals surface area contributed by atoms with Crippen molar-refractivity contribution in [1.29, 1.82) is 0 Å². The summed E-state index contributed by atoms with van der Waals surface area (Å²) < 4.78 is 0. The lowest BCUT2D eigenvalue weighted by Gasteiger charge is -2.23. The van der Waals surface area contributed by atoms with Gasteiger partial charge in [0.15, 0.2) is 0 Å². The van der Waals surface area contributed by atoms with Crippen LogP contribution in [0.1, 0.15) is 39.2 Å². The van der Waals surface area contributed by atoms with Crippen LogP contribution in [0.25, 0.3) is 0 Å². The second-order valence-corrected chi connectivity index (χ2v) is 5.05. The van der Waals surface area contributed by atoms with E-state index in [0.717, 1.165) is 25.9 Å². The molecule has 0 radical (unpaired) electrons. The van der Waals surface area contributed by atoms with Crippen molar-refractivity contribution in [2.45, 2.75) is 45.1 Å². The predicted octanol–water partition coefficient (Wildman–Crippen LogP) is 2.95. The van der Waals surface area contributed by atoms with E-state index in [1.165, 1.54) is 11.3 Å². The summed E-state index contributed by atoms with van der Waals surface area (Å²) in [5.74, 6) is 0. The molecule has 2 rings (SSSR count). The number of hydrogen-bond donors (Lipinski definition) is 1. The molecule has 1 fully saturated rings. The van der Waals surface area contributed by atoms with Gasteiger partial charge in [0.05, 0.1) is 6.10 Å². The van der Waals surface area contributed by atoms with Crippen molar-refractivity contribution < 1.29 is 5.11 Å². The van der Waals surface area contributed by atoms with Crippen LogP contribution in [0.4, 0.5) is 5.69 Å². The lowest BCUT2D eigenvalue weighted by molar-refractivity contribution is 0.150. The molecule has 94 valence electrons. The monoisotopic (exact) mass is 233 g/mol. The van der Waals surface area contributed by atoms with Crippen molar-refractivity contribution in [3.63, 3.8) is 0 Å². The van der Waals surface area contributed by atoms with Gasteiger partial charge in [0.2, 0.25) is 0 Å². The van der Waals surface area contributed by atoms with Crippen LogP contribution in [0.2, 0.25) is 0 Å². The lowest BCUT2D eigenvalue weighted by Crippen LogP contribution is -2.24. The van der Waals surface area contributed by atoms with Crippen molar-refractivity contribution in [1.82, 2.24) is 0 Å². The van der Waals surface area contributed by atoms with E-state index in [1.807, 2.05) is 6.92 Å². The van der Waals surface area contributed by atoms with Gasteiger partial charge in [0, 0.05) is 24.2 Å². The minimum Gasteiger partial charge on any atom is -0.392 e. The Hall–Kier alpha value is -1.02. The molecule has 1 aromatic rings. The average molecular weight is 233 g/mol. The quantitative estimate of drug-likeness (QED) is 0.845. The highest BCUT2D eigenvalue weighted by molar-refractivity contribution is 5.49. The van der Waals surface area contributed by atoms with E-state index in [0.29, 0.717) is 0 Å². The van der Waals surface area contributed by atoms with Gasteiger partial charge in [0.25, 0.3) is 0 Å². The van der Waals surface area contributed by atoms with E-state index in [9.17, 15) is 5.11 Å². The van der Waals surface area contributed by atoms with Crippen LogP contribution in [0.5, 0.6) is 0 Å². The molecule has 1 atom stereocenters. The topological polar surface area (TPSA) is 23.5 Å². The van der Waals surface area contributed by atoms with Crippen molar-refractivity contribution in [3.05, 3.63) is 29.8 Å². The summed E-state index contributed by atoms with van der Waals surface area (Å²) >= 11 is 0. The minimum atomic E-state index is -0.234. The molecule has 1 aliphatic rings. The van der Waals surface area contributed by atoms with E-state index in [2.05, 4.69) is 43.0 Å². The van der Waals surface area contributed by atoms with Crippen LogP contribution in [0.3, 0.4) is 0 Å². The fourth-order valence-corrected chi connectivity index (χ4v) is 2.68. The number of rotatable bonds is 5. The molecule has 1 aromatic carbocycles. The second kappa shape index (κ2) is 4.69. The minimum absolute atomic E-state index is 0.0573. The van der Waals surface area contributed by atoms with Crippen LogP contribution in [-0.4, -0.2) is 24.3 Å². The molecule has 0 aromatic heterocycles. The zero-order valence-corrected chi connectivity index (χ0v) is 11.1. The fraction of sp³-hybridized carbons (Fsp3) is 0.600. The molecule has 2 heteroatoms. The van der Waals surface area contributed by atoms with E-state index >= 15 is 0 Å². The van der Waals surface area contributed by atoms with Crippen LogP contribution in [0.15, 0.2) is 24.3 Å². The van der Waals surface area contributed by atoms with Crippen LogP contribution >= 0.6 is 0 Å². The highest BCUT2D eigenvalue weighted by Crippen LogP contribution is 2.51. The summed E-state index contributed by atoms with van der Waals surface area (Å²) in [6.07, 6.45) is 2.01. The third-order valence-corrected chi connectivity index (χ3v) is 4.16. The first-order chi connectivity index (χ1) is 8.14. The van der Waals surface area contributed by atoms with Gasteiger partial charge in [-0.2, -0.15) is 0 Å². The zero-order chi connectivity index (χ0) is 12.5. The molecule has 2 nitrogen and oxygen atoms in total. The number of hydrogen-bond acceptors (Lipinski definition) is 2. The molecule has 0 heterocycles. The summed E-state index contributed by atoms with van der Waals surface area (Å²) in [7, 11) is 0. The predicted molar refractivity (Wildman–Crippen MR) is 72.6 cm³/mol. The lowest BCUT2D eigenvalue weighted by atomic mass is 9.91. The molecule has 1 aliphatic carbocycles. The van der Waals surface area contributed by atoms with Gasteiger partial charge in [0.1, 0.15) is 0 Å². The normalized spacial score (nSPS) is 18.8. The Balaban J connectivity index is 2.19. The summed E-state index contributed by atoms with van der Waals surface area (Å²) in [6, 6.07) is 8.75. The Kier molecular flexibility index (Phi) is 3.43. The molecule has 1 N–H and O–H groups in total. The number of anilines is 1. The highest BCUT2D eigenvalue weighted by atomic mass is 16.3. The Labute approximate surface area is 104 Å². The Morgan fingerprint density at radius 3 is 2.06 bits per heavy atom. The number of nitrogens with zero attached hydrogens (tertiary/aromatic N) is 1. The van der Waals surface area contributed by atoms with E-state index in [4.69, 9.17) is 0 Å². The maximum Gasteiger partial charge on any atom is 0.0608 e. The summed E-state index contributed by atoms with van der Waals surface area (Å²) in [4.78, 5) is 2.34. The van der Waals surface area contributed by atoms with Gasteiger partial charge >= 0.3 is 0 Å². The number of aliphatic hydroxyl groups excluding tert-OH is 1. The van der Waals surface area contributed by atoms with Gasteiger partial charge in [-0.05, 0) is 51.3 Å². The van der Waals surface area contributed by atoms with Gasteiger partial charge in [-0.25, -0.2) is 0 Å². The van der Waals surface area contributed by atoms with Crippen molar-refractivity contribution >= 4 is 5.69 Å². The molecule has 1 saturated carbocycles. The van der Waals surface area contributed by atoms with Crippen LogP contribution in [0, 0.1) is 0 Å². The van der Waals surface area contributed by atoms with E-state index in [1.54, 1.807) is 0 Å².